The van der Waals surface area contributed by atoms with Crippen LogP contribution in [0, 0.1) is 17.5 Å². The fraction of sp³-hybridized carbons (Fsp3) is 0.214. The van der Waals surface area contributed by atoms with Gasteiger partial charge in [0, 0.05) is 24.0 Å². The Morgan fingerprint density at radius 2 is 1.90 bits per heavy atom. The molecule has 106 valence electrons. The van der Waals surface area contributed by atoms with Gasteiger partial charge in [0.2, 0.25) is 0 Å². The predicted molar refractivity (Wildman–Crippen MR) is 71.3 cm³/mol. The number of thiophene rings is 1. The molecule has 2 aromatic rings. The maximum Gasteiger partial charge on any atom is 0.253 e. The molecule has 1 aromatic heterocycles. The quantitative estimate of drug-likeness (QED) is 0.792. The van der Waals surface area contributed by atoms with Crippen molar-refractivity contribution >= 4 is 17.2 Å². The second kappa shape index (κ2) is 6.09. The molecule has 0 aliphatic carbocycles. The summed E-state index contributed by atoms with van der Waals surface area (Å²) in [6.07, 6.45) is 0.659. The number of benzene rings is 1. The molecular weight excluding hydrogens is 287 g/mol. The summed E-state index contributed by atoms with van der Waals surface area (Å²) in [6.45, 7) is 0.417. The number of hydrogen-bond acceptors (Lipinski definition) is 2. The fourth-order valence-electron chi connectivity index (χ4n) is 1.73. The molecule has 2 rings (SSSR count). The van der Waals surface area contributed by atoms with Gasteiger partial charge in [0.25, 0.3) is 5.91 Å². The third-order valence-corrected chi connectivity index (χ3v) is 3.79. The number of amides is 1. The zero-order valence-corrected chi connectivity index (χ0v) is 11.5. The smallest absolute Gasteiger partial charge is 0.253 e. The molecule has 0 saturated heterocycles. The zero-order valence-electron chi connectivity index (χ0n) is 10.7. The van der Waals surface area contributed by atoms with Crippen LogP contribution in [0.15, 0.2) is 29.6 Å². The molecule has 0 saturated carbocycles. The van der Waals surface area contributed by atoms with Gasteiger partial charge in [-0.1, -0.05) is 6.07 Å². The molecule has 20 heavy (non-hydrogen) atoms. The largest absolute Gasteiger partial charge is 0.341 e. The lowest BCUT2D eigenvalue weighted by atomic mass is 10.1. The zero-order chi connectivity index (χ0) is 14.7. The lowest BCUT2D eigenvalue weighted by Crippen LogP contribution is -2.29. The van der Waals surface area contributed by atoms with Crippen molar-refractivity contribution in [1.29, 1.82) is 0 Å². The van der Waals surface area contributed by atoms with E-state index in [-0.39, 0.29) is 5.56 Å². The molecule has 0 spiro atoms. The standard InChI is InChI=1S/C14H12F3NOS/c1-18(5-4-10-3-2-6-20-10)14(19)9-7-11(15)13(17)12(16)8-9/h2-3,6-8H,4-5H2,1H3. The summed E-state index contributed by atoms with van der Waals surface area (Å²) < 4.78 is 39.0. The van der Waals surface area contributed by atoms with Gasteiger partial charge in [0.05, 0.1) is 0 Å². The van der Waals surface area contributed by atoms with Crippen molar-refractivity contribution < 1.29 is 18.0 Å². The number of nitrogens with zero attached hydrogens (tertiary/aromatic N) is 1. The Kier molecular flexibility index (Phi) is 4.44. The van der Waals surface area contributed by atoms with Crippen LogP contribution in [0.5, 0.6) is 0 Å². The van der Waals surface area contributed by atoms with E-state index in [1.54, 1.807) is 11.3 Å². The lowest BCUT2D eigenvalue weighted by Gasteiger charge is -2.17. The van der Waals surface area contributed by atoms with Crippen molar-refractivity contribution in [2.45, 2.75) is 6.42 Å². The Bertz CT molecular complexity index is 590. The molecule has 0 aliphatic heterocycles. The Morgan fingerprint density at radius 1 is 1.25 bits per heavy atom. The third-order valence-electron chi connectivity index (χ3n) is 2.85. The Labute approximate surface area is 118 Å². The molecule has 2 nitrogen and oxygen atoms in total. The van der Waals surface area contributed by atoms with Gasteiger partial charge in [-0.25, -0.2) is 13.2 Å². The first-order valence-corrected chi connectivity index (χ1v) is 6.79. The normalized spacial score (nSPS) is 10.6. The van der Waals surface area contributed by atoms with Crippen molar-refractivity contribution in [1.82, 2.24) is 4.90 Å². The van der Waals surface area contributed by atoms with E-state index in [2.05, 4.69) is 0 Å². The molecule has 0 fully saturated rings. The highest BCUT2D eigenvalue weighted by Crippen LogP contribution is 2.15. The average molecular weight is 299 g/mol. The third kappa shape index (κ3) is 3.19. The van der Waals surface area contributed by atoms with Crippen molar-refractivity contribution in [3.63, 3.8) is 0 Å². The van der Waals surface area contributed by atoms with E-state index in [0.29, 0.717) is 25.1 Å². The number of halogens is 3. The van der Waals surface area contributed by atoms with Gasteiger partial charge in [0.1, 0.15) is 0 Å². The second-order valence-electron chi connectivity index (χ2n) is 4.31. The highest BCUT2D eigenvalue weighted by atomic mass is 32.1. The van der Waals surface area contributed by atoms with Gasteiger partial charge in [0.15, 0.2) is 17.5 Å². The van der Waals surface area contributed by atoms with Crippen molar-refractivity contribution in [2.24, 2.45) is 0 Å². The van der Waals surface area contributed by atoms with Gasteiger partial charge in [-0.3, -0.25) is 4.79 Å². The van der Waals surface area contributed by atoms with Gasteiger partial charge < -0.3 is 4.90 Å². The molecule has 1 heterocycles. The summed E-state index contributed by atoms with van der Waals surface area (Å²) in [5.74, 6) is -4.83. The van der Waals surface area contributed by atoms with Gasteiger partial charge in [-0.05, 0) is 30.0 Å². The van der Waals surface area contributed by atoms with E-state index < -0.39 is 23.4 Å². The number of carbonyl (C=O) groups excluding carboxylic acids is 1. The Morgan fingerprint density at radius 3 is 2.45 bits per heavy atom. The number of likely N-dealkylation sites (N-methyl/N-ethyl adjacent to an activating group) is 1. The van der Waals surface area contributed by atoms with Crippen LogP contribution in [0.1, 0.15) is 15.2 Å². The fourth-order valence-corrected chi connectivity index (χ4v) is 2.43. The molecule has 1 aromatic carbocycles. The average Bonchev–Trinajstić information content (AvgIpc) is 2.94. The SMILES string of the molecule is CN(CCc1cccs1)C(=O)c1cc(F)c(F)c(F)c1. The molecule has 1 amide bonds. The minimum atomic E-state index is -1.57. The summed E-state index contributed by atoms with van der Waals surface area (Å²) >= 11 is 1.57. The van der Waals surface area contributed by atoms with Crippen LogP contribution < -0.4 is 0 Å². The second-order valence-corrected chi connectivity index (χ2v) is 5.34. The summed E-state index contributed by atoms with van der Waals surface area (Å²) in [5.41, 5.74) is -0.199. The molecule has 6 heteroatoms. The molecule has 0 radical (unpaired) electrons. The van der Waals surface area contributed by atoms with Crippen molar-refractivity contribution in [2.75, 3.05) is 13.6 Å². The van der Waals surface area contributed by atoms with Gasteiger partial charge >= 0.3 is 0 Å². The Balaban J connectivity index is 2.06. The van der Waals surface area contributed by atoms with Crippen LogP contribution in [-0.4, -0.2) is 24.4 Å². The first-order chi connectivity index (χ1) is 9.49. The number of hydrogen-bond donors (Lipinski definition) is 0. The molecule has 0 aliphatic rings. The highest BCUT2D eigenvalue weighted by molar-refractivity contribution is 7.09. The predicted octanol–water partition coefficient (Wildman–Crippen LogP) is 3.48. The van der Waals surface area contributed by atoms with Crippen LogP contribution in [0.25, 0.3) is 0 Å². The molecular formula is C14H12F3NOS. The molecule has 0 atom stereocenters. The minimum absolute atomic E-state index is 0.199. The summed E-state index contributed by atoms with van der Waals surface area (Å²) in [7, 11) is 1.54. The topological polar surface area (TPSA) is 20.3 Å². The van der Waals surface area contributed by atoms with Crippen LogP contribution in [0.4, 0.5) is 13.2 Å². The van der Waals surface area contributed by atoms with Crippen LogP contribution in [0.2, 0.25) is 0 Å². The van der Waals surface area contributed by atoms with E-state index in [9.17, 15) is 18.0 Å². The molecule has 0 N–H and O–H groups in total. The maximum absolute atomic E-state index is 13.1. The van der Waals surface area contributed by atoms with Crippen LogP contribution in [-0.2, 0) is 6.42 Å². The first-order valence-electron chi connectivity index (χ1n) is 5.91. The number of carbonyl (C=O) groups is 1. The van der Waals surface area contributed by atoms with Crippen LogP contribution >= 0.6 is 11.3 Å². The van der Waals surface area contributed by atoms with E-state index in [1.807, 2.05) is 17.5 Å². The lowest BCUT2D eigenvalue weighted by molar-refractivity contribution is 0.0795. The van der Waals surface area contributed by atoms with Crippen molar-refractivity contribution in [3.05, 3.63) is 57.5 Å². The summed E-state index contributed by atoms with van der Waals surface area (Å²) in [4.78, 5) is 14.5. The molecule has 0 unspecified atom stereocenters. The first kappa shape index (κ1) is 14.6. The summed E-state index contributed by atoms with van der Waals surface area (Å²) in [5, 5.41) is 1.93. The van der Waals surface area contributed by atoms with E-state index in [4.69, 9.17) is 0 Å². The van der Waals surface area contributed by atoms with E-state index in [1.165, 1.54) is 11.9 Å². The number of rotatable bonds is 4. The highest BCUT2D eigenvalue weighted by Gasteiger charge is 2.17. The van der Waals surface area contributed by atoms with E-state index in [0.717, 1.165) is 4.88 Å². The monoisotopic (exact) mass is 299 g/mol. The van der Waals surface area contributed by atoms with E-state index >= 15 is 0 Å². The van der Waals surface area contributed by atoms with Gasteiger partial charge in [-0.2, -0.15) is 0 Å². The summed E-state index contributed by atoms with van der Waals surface area (Å²) in [6, 6.07) is 5.28. The van der Waals surface area contributed by atoms with Gasteiger partial charge in [-0.15, -0.1) is 11.3 Å². The maximum atomic E-state index is 13.1. The Hall–Kier alpha value is -1.82. The van der Waals surface area contributed by atoms with Crippen molar-refractivity contribution in [3.8, 4) is 0 Å². The molecule has 0 bridgehead atoms. The van der Waals surface area contributed by atoms with Crippen LogP contribution in [0.3, 0.4) is 0 Å². The minimum Gasteiger partial charge on any atom is -0.341 e.